The first-order valence-electron chi connectivity index (χ1n) is 4.09. The van der Waals surface area contributed by atoms with Gasteiger partial charge in [0.15, 0.2) is 0 Å². The minimum atomic E-state index is -0.0508. The summed E-state index contributed by atoms with van der Waals surface area (Å²) in [5.74, 6) is -0.0508. The Kier molecular flexibility index (Phi) is 2.98. The molecule has 0 aliphatic heterocycles. The predicted octanol–water partition coefficient (Wildman–Crippen LogP) is 2.55. The third kappa shape index (κ3) is 2.25. The lowest BCUT2D eigenvalue weighted by molar-refractivity contribution is -0.114. The molecular weight excluding hydrogens is 182 g/mol. The molecule has 1 amide bonds. The van der Waals surface area contributed by atoms with E-state index in [0.717, 1.165) is 21.7 Å². The summed E-state index contributed by atoms with van der Waals surface area (Å²) >= 11 is 4.29. The summed E-state index contributed by atoms with van der Waals surface area (Å²) in [6.07, 6.45) is 0. The fourth-order valence-corrected chi connectivity index (χ4v) is 1.39. The Balaban J connectivity index is 3.17. The number of thiol groups is 1. The number of aryl methyl sites for hydroxylation is 1. The van der Waals surface area contributed by atoms with Gasteiger partial charge in [-0.25, -0.2) is 0 Å². The Bertz CT molecular complexity index is 347. The Morgan fingerprint density at radius 2 is 2.00 bits per heavy atom. The molecule has 0 aromatic heterocycles. The summed E-state index contributed by atoms with van der Waals surface area (Å²) in [5, 5.41) is 2.79. The minimum absolute atomic E-state index is 0.0508. The van der Waals surface area contributed by atoms with E-state index in [0.29, 0.717) is 0 Å². The summed E-state index contributed by atoms with van der Waals surface area (Å²) in [5.41, 5.74) is 2.95. The van der Waals surface area contributed by atoms with E-state index < -0.39 is 0 Å². The largest absolute Gasteiger partial charge is 0.326 e. The van der Waals surface area contributed by atoms with Crippen LogP contribution in [0.2, 0.25) is 0 Å². The van der Waals surface area contributed by atoms with E-state index in [4.69, 9.17) is 0 Å². The highest BCUT2D eigenvalue weighted by molar-refractivity contribution is 7.80. The molecule has 0 saturated carbocycles. The highest BCUT2D eigenvalue weighted by atomic mass is 32.1. The lowest BCUT2D eigenvalue weighted by atomic mass is 10.1. The third-order valence-electron chi connectivity index (χ3n) is 1.95. The molecule has 0 heterocycles. The predicted molar refractivity (Wildman–Crippen MR) is 57.5 cm³/mol. The zero-order chi connectivity index (χ0) is 10.0. The van der Waals surface area contributed by atoms with Gasteiger partial charge in [-0.2, -0.15) is 0 Å². The molecule has 1 aromatic rings. The van der Waals surface area contributed by atoms with Crippen LogP contribution in [-0.2, 0) is 4.79 Å². The van der Waals surface area contributed by atoms with Crippen molar-refractivity contribution in [3.63, 3.8) is 0 Å². The smallest absolute Gasteiger partial charge is 0.221 e. The van der Waals surface area contributed by atoms with Crippen LogP contribution in [0.15, 0.2) is 17.0 Å². The molecular formula is C10H13NOS. The van der Waals surface area contributed by atoms with E-state index in [9.17, 15) is 4.79 Å². The van der Waals surface area contributed by atoms with Crippen molar-refractivity contribution in [2.45, 2.75) is 25.7 Å². The van der Waals surface area contributed by atoms with E-state index in [2.05, 4.69) is 17.9 Å². The van der Waals surface area contributed by atoms with Gasteiger partial charge in [-0.15, -0.1) is 12.6 Å². The minimum Gasteiger partial charge on any atom is -0.326 e. The molecule has 0 aliphatic carbocycles. The Hall–Kier alpha value is -0.960. The maximum Gasteiger partial charge on any atom is 0.221 e. The lowest BCUT2D eigenvalue weighted by Crippen LogP contribution is -2.08. The average Bonchev–Trinajstić information content (AvgIpc) is 2.05. The van der Waals surface area contributed by atoms with Gasteiger partial charge >= 0.3 is 0 Å². The summed E-state index contributed by atoms with van der Waals surface area (Å²) in [7, 11) is 0. The first-order chi connectivity index (χ1) is 6.02. The van der Waals surface area contributed by atoms with Crippen LogP contribution in [0.5, 0.6) is 0 Å². The zero-order valence-corrected chi connectivity index (χ0v) is 8.90. The highest BCUT2D eigenvalue weighted by Gasteiger charge is 2.05. The molecule has 0 radical (unpaired) electrons. The van der Waals surface area contributed by atoms with Gasteiger partial charge in [0.25, 0.3) is 0 Å². The van der Waals surface area contributed by atoms with Crippen LogP contribution in [0, 0.1) is 13.8 Å². The van der Waals surface area contributed by atoms with Crippen molar-refractivity contribution in [1.29, 1.82) is 0 Å². The van der Waals surface area contributed by atoms with Crippen LogP contribution >= 0.6 is 12.6 Å². The zero-order valence-electron chi connectivity index (χ0n) is 8.01. The molecule has 1 rings (SSSR count). The number of hydrogen-bond donors (Lipinski definition) is 2. The quantitative estimate of drug-likeness (QED) is 0.662. The van der Waals surface area contributed by atoms with Crippen molar-refractivity contribution in [3.8, 4) is 0 Å². The number of benzene rings is 1. The van der Waals surface area contributed by atoms with Crippen molar-refractivity contribution < 1.29 is 4.79 Å². The van der Waals surface area contributed by atoms with Gasteiger partial charge in [-0.1, -0.05) is 6.07 Å². The van der Waals surface area contributed by atoms with Crippen molar-refractivity contribution >= 4 is 24.2 Å². The molecule has 1 N–H and O–H groups in total. The second-order valence-corrected chi connectivity index (χ2v) is 3.56. The van der Waals surface area contributed by atoms with Gasteiger partial charge in [0.05, 0.1) is 0 Å². The molecule has 2 nitrogen and oxygen atoms in total. The Morgan fingerprint density at radius 3 is 2.54 bits per heavy atom. The van der Waals surface area contributed by atoms with E-state index in [-0.39, 0.29) is 5.91 Å². The van der Waals surface area contributed by atoms with Crippen LogP contribution in [0.4, 0.5) is 5.69 Å². The SMILES string of the molecule is CC(=O)Nc1c(C)ccc(S)c1C. The van der Waals surface area contributed by atoms with Crippen LogP contribution in [0.25, 0.3) is 0 Å². The summed E-state index contributed by atoms with van der Waals surface area (Å²) in [6, 6.07) is 3.87. The standard InChI is InChI=1S/C10H13NOS/c1-6-4-5-9(13)7(2)10(6)11-8(3)12/h4-5,13H,1-3H3,(H,11,12). The van der Waals surface area contributed by atoms with Crippen LogP contribution in [0.1, 0.15) is 18.1 Å². The Morgan fingerprint density at radius 1 is 1.38 bits per heavy atom. The molecule has 0 fully saturated rings. The third-order valence-corrected chi connectivity index (χ3v) is 2.43. The molecule has 0 atom stereocenters. The van der Waals surface area contributed by atoms with Gasteiger partial charge in [-0.3, -0.25) is 4.79 Å². The Labute approximate surface area is 83.8 Å². The normalized spacial score (nSPS) is 9.85. The topological polar surface area (TPSA) is 29.1 Å². The first-order valence-corrected chi connectivity index (χ1v) is 4.54. The number of rotatable bonds is 1. The molecule has 13 heavy (non-hydrogen) atoms. The van der Waals surface area contributed by atoms with E-state index in [1.54, 1.807) is 0 Å². The maximum atomic E-state index is 10.9. The summed E-state index contributed by atoms with van der Waals surface area (Å²) in [4.78, 5) is 11.8. The van der Waals surface area contributed by atoms with E-state index in [1.807, 2.05) is 26.0 Å². The monoisotopic (exact) mass is 195 g/mol. The molecule has 1 aromatic carbocycles. The van der Waals surface area contributed by atoms with Gasteiger partial charge in [0.1, 0.15) is 0 Å². The molecule has 0 bridgehead atoms. The van der Waals surface area contributed by atoms with E-state index >= 15 is 0 Å². The average molecular weight is 195 g/mol. The van der Waals surface area contributed by atoms with E-state index in [1.165, 1.54) is 6.92 Å². The number of carbonyl (C=O) groups is 1. The maximum absolute atomic E-state index is 10.9. The number of carbonyl (C=O) groups excluding carboxylic acids is 1. The number of hydrogen-bond acceptors (Lipinski definition) is 2. The first kappa shape index (κ1) is 10.1. The molecule has 0 unspecified atom stereocenters. The lowest BCUT2D eigenvalue weighted by Gasteiger charge is -2.11. The van der Waals surface area contributed by atoms with Crippen LogP contribution in [0.3, 0.4) is 0 Å². The van der Waals surface area contributed by atoms with Gasteiger partial charge < -0.3 is 5.32 Å². The number of anilines is 1. The number of nitrogens with one attached hydrogen (secondary N) is 1. The van der Waals surface area contributed by atoms with Gasteiger partial charge in [0.2, 0.25) is 5.91 Å². The number of amides is 1. The van der Waals surface area contributed by atoms with Crippen molar-refractivity contribution in [3.05, 3.63) is 23.3 Å². The van der Waals surface area contributed by atoms with Crippen molar-refractivity contribution in [2.24, 2.45) is 0 Å². The fourth-order valence-electron chi connectivity index (χ4n) is 1.20. The van der Waals surface area contributed by atoms with Gasteiger partial charge in [0, 0.05) is 17.5 Å². The van der Waals surface area contributed by atoms with Crippen LogP contribution < -0.4 is 5.32 Å². The second kappa shape index (κ2) is 3.83. The van der Waals surface area contributed by atoms with Crippen molar-refractivity contribution in [1.82, 2.24) is 0 Å². The fraction of sp³-hybridized carbons (Fsp3) is 0.300. The summed E-state index contributed by atoms with van der Waals surface area (Å²) in [6.45, 7) is 5.41. The molecule has 70 valence electrons. The molecule has 3 heteroatoms. The van der Waals surface area contributed by atoms with Crippen LogP contribution in [-0.4, -0.2) is 5.91 Å². The molecule has 0 aliphatic rings. The second-order valence-electron chi connectivity index (χ2n) is 3.08. The molecule has 0 spiro atoms. The van der Waals surface area contributed by atoms with Gasteiger partial charge in [-0.05, 0) is 31.0 Å². The highest BCUT2D eigenvalue weighted by Crippen LogP contribution is 2.25. The summed E-state index contributed by atoms with van der Waals surface area (Å²) < 4.78 is 0. The molecule has 0 saturated heterocycles. The van der Waals surface area contributed by atoms with Crippen molar-refractivity contribution in [2.75, 3.05) is 5.32 Å².